The molecule has 112 valence electrons. The second-order valence-corrected chi connectivity index (χ2v) is 5.88. The van der Waals surface area contributed by atoms with Gasteiger partial charge in [0.15, 0.2) is 0 Å². The Kier molecular flexibility index (Phi) is 6.12. The zero-order valence-corrected chi connectivity index (χ0v) is 12.4. The average molecular weight is 300 g/mol. The molecule has 0 atom stereocenters. The number of carbonyl (C=O) groups excluding carboxylic acids is 2. The van der Waals surface area contributed by atoms with Crippen molar-refractivity contribution in [3.63, 3.8) is 0 Å². The zero-order chi connectivity index (χ0) is 15.2. The zero-order valence-electron chi connectivity index (χ0n) is 11.6. The van der Waals surface area contributed by atoms with Crippen molar-refractivity contribution in [2.45, 2.75) is 25.8 Å². The summed E-state index contributed by atoms with van der Waals surface area (Å²) < 4.78 is 0. The number of amides is 2. The van der Waals surface area contributed by atoms with Crippen molar-refractivity contribution < 1.29 is 19.8 Å². The molecule has 0 saturated carbocycles. The van der Waals surface area contributed by atoms with Crippen LogP contribution in [0.15, 0.2) is 12.1 Å². The van der Waals surface area contributed by atoms with E-state index < -0.39 is 11.4 Å². The molecule has 0 fully saturated rings. The summed E-state index contributed by atoms with van der Waals surface area (Å²) >= 11 is 1.35. The Hall–Kier alpha value is -1.44. The van der Waals surface area contributed by atoms with Crippen LogP contribution in [0.1, 0.15) is 27.9 Å². The Bertz CT molecular complexity index is 460. The quantitative estimate of drug-likeness (QED) is 0.571. The van der Waals surface area contributed by atoms with Crippen LogP contribution >= 0.6 is 11.3 Å². The van der Waals surface area contributed by atoms with Crippen molar-refractivity contribution in [1.82, 2.24) is 10.6 Å². The lowest BCUT2D eigenvalue weighted by molar-refractivity contribution is -0.123. The van der Waals surface area contributed by atoms with E-state index in [4.69, 9.17) is 0 Å². The number of hydrogen-bond donors (Lipinski definition) is 4. The van der Waals surface area contributed by atoms with Crippen molar-refractivity contribution >= 4 is 23.2 Å². The molecule has 0 saturated heterocycles. The summed E-state index contributed by atoms with van der Waals surface area (Å²) in [5, 5.41) is 23.5. The van der Waals surface area contributed by atoms with Gasteiger partial charge in [-0.25, -0.2) is 0 Å². The minimum atomic E-state index is -1.04. The van der Waals surface area contributed by atoms with Gasteiger partial charge in [0, 0.05) is 4.88 Å². The third kappa shape index (κ3) is 4.29. The first kappa shape index (κ1) is 16.6. The SMILES string of the molecule is CCC(CO)(CO)NC(=O)CNC(=O)c1ccc(C)s1. The Labute approximate surface area is 121 Å². The molecule has 4 N–H and O–H groups in total. The molecule has 0 aliphatic carbocycles. The predicted octanol–water partition coefficient (Wildman–Crippen LogP) is 0.0359. The first-order valence-electron chi connectivity index (χ1n) is 6.33. The Morgan fingerprint density at radius 1 is 1.30 bits per heavy atom. The molecule has 1 rings (SSSR count). The third-order valence-corrected chi connectivity index (χ3v) is 4.06. The maximum Gasteiger partial charge on any atom is 0.261 e. The highest BCUT2D eigenvalue weighted by Crippen LogP contribution is 2.14. The van der Waals surface area contributed by atoms with E-state index in [-0.39, 0.29) is 25.7 Å². The summed E-state index contributed by atoms with van der Waals surface area (Å²) in [6.07, 6.45) is 0.393. The number of thiophene rings is 1. The van der Waals surface area contributed by atoms with E-state index in [0.717, 1.165) is 4.88 Å². The number of rotatable bonds is 7. The van der Waals surface area contributed by atoms with Crippen LogP contribution in [0, 0.1) is 6.92 Å². The van der Waals surface area contributed by atoms with Gasteiger partial charge in [-0.2, -0.15) is 0 Å². The van der Waals surface area contributed by atoms with Crippen molar-refractivity contribution in [3.8, 4) is 0 Å². The molecule has 0 aliphatic heterocycles. The van der Waals surface area contributed by atoms with Gasteiger partial charge >= 0.3 is 0 Å². The minimum Gasteiger partial charge on any atom is -0.394 e. The second kappa shape index (κ2) is 7.37. The van der Waals surface area contributed by atoms with Crippen molar-refractivity contribution in [2.24, 2.45) is 0 Å². The van der Waals surface area contributed by atoms with E-state index in [1.165, 1.54) is 11.3 Å². The van der Waals surface area contributed by atoms with E-state index >= 15 is 0 Å². The summed E-state index contributed by atoms with van der Waals surface area (Å²) in [6, 6.07) is 3.53. The van der Waals surface area contributed by atoms with E-state index in [9.17, 15) is 19.8 Å². The first-order chi connectivity index (χ1) is 9.46. The summed E-state index contributed by atoms with van der Waals surface area (Å²) in [5.74, 6) is -0.759. The van der Waals surface area contributed by atoms with Gasteiger partial charge in [0.2, 0.25) is 5.91 Å². The number of nitrogens with one attached hydrogen (secondary N) is 2. The normalized spacial score (nSPS) is 11.2. The molecule has 0 spiro atoms. The van der Waals surface area contributed by atoms with Crippen LogP contribution in [0.5, 0.6) is 0 Å². The van der Waals surface area contributed by atoms with Gasteiger partial charge in [-0.05, 0) is 25.5 Å². The largest absolute Gasteiger partial charge is 0.394 e. The molecule has 0 bridgehead atoms. The molecule has 0 radical (unpaired) electrons. The summed E-state index contributed by atoms with van der Waals surface area (Å²) in [5.41, 5.74) is -1.04. The smallest absolute Gasteiger partial charge is 0.261 e. The highest BCUT2D eigenvalue weighted by atomic mass is 32.1. The van der Waals surface area contributed by atoms with Crippen molar-refractivity contribution in [1.29, 1.82) is 0 Å². The lowest BCUT2D eigenvalue weighted by Gasteiger charge is -2.29. The van der Waals surface area contributed by atoms with Crippen LogP contribution in [-0.2, 0) is 4.79 Å². The Morgan fingerprint density at radius 2 is 1.95 bits per heavy atom. The topological polar surface area (TPSA) is 98.7 Å². The molecule has 7 heteroatoms. The highest BCUT2D eigenvalue weighted by molar-refractivity contribution is 7.13. The van der Waals surface area contributed by atoms with Crippen LogP contribution in [0.3, 0.4) is 0 Å². The number of aliphatic hydroxyl groups excluding tert-OH is 2. The molecule has 1 heterocycles. The van der Waals surface area contributed by atoms with E-state index in [1.54, 1.807) is 13.0 Å². The number of carbonyl (C=O) groups is 2. The highest BCUT2D eigenvalue weighted by Gasteiger charge is 2.28. The van der Waals surface area contributed by atoms with Gasteiger partial charge in [-0.1, -0.05) is 6.92 Å². The maximum atomic E-state index is 11.8. The van der Waals surface area contributed by atoms with Gasteiger partial charge in [0.05, 0.1) is 30.2 Å². The van der Waals surface area contributed by atoms with Gasteiger partial charge < -0.3 is 20.8 Å². The summed E-state index contributed by atoms with van der Waals surface area (Å²) in [6.45, 7) is 2.73. The van der Waals surface area contributed by atoms with Gasteiger partial charge in [-0.3, -0.25) is 9.59 Å². The maximum absolute atomic E-state index is 11.8. The molecule has 1 aromatic rings. The fourth-order valence-electron chi connectivity index (χ4n) is 1.59. The fourth-order valence-corrected chi connectivity index (χ4v) is 2.37. The van der Waals surface area contributed by atoms with Crippen LogP contribution in [0.2, 0.25) is 0 Å². The second-order valence-electron chi connectivity index (χ2n) is 4.59. The Balaban J connectivity index is 2.49. The molecule has 0 aromatic carbocycles. The average Bonchev–Trinajstić information content (AvgIpc) is 2.89. The van der Waals surface area contributed by atoms with Crippen LogP contribution in [-0.4, -0.2) is 47.3 Å². The van der Waals surface area contributed by atoms with Gasteiger partial charge in [0.25, 0.3) is 5.91 Å². The molecule has 20 heavy (non-hydrogen) atoms. The first-order valence-corrected chi connectivity index (χ1v) is 7.15. The van der Waals surface area contributed by atoms with Gasteiger partial charge in [0.1, 0.15) is 0 Å². The number of hydrogen-bond acceptors (Lipinski definition) is 5. The number of aryl methyl sites for hydroxylation is 1. The standard InChI is InChI=1S/C13H20N2O4S/c1-3-13(7-16,8-17)15-11(18)6-14-12(19)10-5-4-9(2)20-10/h4-5,16-17H,3,6-8H2,1-2H3,(H,14,19)(H,15,18). The number of aliphatic hydroxyl groups is 2. The molecule has 2 amide bonds. The van der Waals surface area contributed by atoms with E-state index in [2.05, 4.69) is 10.6 Å². The van der Waals surface area contributed by atoms with E-state index in [0.29, 0.717) is 11.3 Å². The van der Waals surface area contributed by atoms with Crippen molar-refractivity contribution in [2.75, 3.05) is 19.8 Å². The fraction of sp³-hybridized carbons (Fsp3) is 0.538. The summed E-state index contributed by atoms with van der Waals surface area (Å²) in [4.78, 5) is 25.1. The molecule has 6 nitrogen and oxygen atoms in total. The lowest BCUT2D eigenvalue weighted by atomic mass is 9.98. The van der Waals surface area contributed by atoms with E-state index in [1.807, 2.05) is 13.0 Å². The van der Waals surface area contributed by atoms with Crippen molar-refractivity contribution in [3.05, 3.63) is 21.9 Å². The molecular weight excluding hydrogens is 280 g/mol. The monoisotopic (exact) mass is 300 g/mol. The molecule has 0 unspecified atom stereocenters. The molecular formula is C13H20N2O4S. The Morgan fingerprint density at radius 3 is 2.40 bits per heavy atom. The third-order valence-electron chi connectivity index (χ3n) is 3.06. The summed E-state index contributed by atoms with van der Waals surface area (Å²) in [7, 11) is 0. The van der Waals surface area contributed by atoms with Crippen LogP contribution < -0.4 is 10.6 Å². The van der Waals surface area contributed by atoms with Crippen LogP contribution in [0.25, 0.3) is 0 Å². The van der Waals surface area contributed by atoms with Crippen LogP contribution in [0.4, 0.5) is 0 Å². The van der Waals surface area contributed by atoms with Gasteiger partial charge in [-0.15, -0.1) is 11.3 Å². The minimum absolute atomic E-state index is 0.197. The lowest BCUT2D eigenvalue weighted by Crippen LogP contribution is -2.55. The molecule has 1 aromatic heterocycles. The predicted molar refractivity (Wildman–Crippen MR) is 76.7 cm³/mol. The molecule has 0 aliphatic rings.